The van der Waals surface area contributed by atoms with Gasteiger partial charge >= 0.3 is 0 Å². The van der Waals surface area contributed by atoms with Gasteiger partial charge in [-0.3, -0.25) is 9.78 Å². The molecule has 34 heavy (non-hydrogen) atoms. The smallest absolute Gasteiger partial charge is 0.270 e. The summed E-state index contributed by atoms with van der Waals surface area (Å²) in [6, 6.07) is 13.4. The molecule has 0 aliphatic heterocycles. The molecule has 1 aliphatic rings. The van der Waals surface area contributed by atoms with E-state index in [0.717, 1.165) is 53.4 Å². The van der Waals surface area contributed by atoms with Crippen LogP contribution in [0.4, 0.5) is 0 Å². The first kappa shape index (κ1) is 25.3. The highest BCUT2D eigenvalue weighted by Crippen LogP contribution is 2.23. The number of hydrogen-bond acceptors (Lipinski definition) is 6. The SMILES string of the molecule is C#C.CS/C=C(\N)c1ccc(Cc2cc(C(=O)N[C@H]3CCCCC3O)nc3ccccc23)cn1. The van der Waals surface area contributed by atoms with Gasteiger partial charge < -0.3 is 16.2 Å². The molecular weight excluding hydrogens is 444 g/mol. The minimum Gasteiger partial charge on any atom is -0.397 e. The number of para-hydroxylation sites is 1. The molecule has 1 aliphatic carbocycles. The van der Waals surface area contributed by atoms with E-state index in [-0.39, 0.29) is 11.9 Å². The van der Waals surface area contributed by atoms with Gasteiger partial charge in [-0.2, -0.15) is 0 Å². The molecule has 2 atom stereocenters. The van der Waals surface area contributed by atoms with Gasteiger partial charge in [-0.15, -0.1) is 24.6 Å². The van der Waals surface area contributed by atoms with Gasteiger partial charge in [0.15, 0.2) is 0 Å². The average molecular weight is 475 g/mol. The standard InChI is InChI=1S/C25H28N4O2S.C2H2/c1-32-15-19(26)21-11-10-16(14-27-21)12-17-13-23(28-20-7-3-2-6-18(17)20)25(31)29-22-8-4-5-9-24(22)30;1-2/h2-3,6-7,10-11,13-15,22,24,30H,4-5,8-9,12,26H2,1H3,(H,29,31);1-2H/b19-15-;/t22-,24?;/m0./s1. The maximum atomic E-state index is 13.0. The number of nitrogens with zero attached hydrogens (tertiary/aromatic N) is 2. The van der Waals surface area contributed by atoms with Crippen LogP contribution in [0.5, 0.6) is 0 Å². The zero-order chi connectivity index (χ0) is 24.5. The van der Waals surface area contributed by atoms with E-state index in [9.17, 15) is 9.90 Å². The number of aromatic nitrogens is 2. The minimum absolute atomic E-state index is 0.218. The van der Waals surface area contributed by atoms with Gasteiger partial charge in [0, 0.05) is 11.6 Å². The van der Waals surface area contributed by atoms with Gasteiger partial charge in [0.2, 0.25) is 0 Å². The first-order valence-corrected chi connectivity index (χ1v) is 12.5. The summed E-state index contributed by atoms with van der Waals surface area (Å²) in [7, 11) is 0. The van der Waals surface area contributed by atoms with E-state index < -0.39 is 6.10 Å². The Bertz CT molecular complexity index is 1170. The van der Waals surface area contributed by atoms with Crippen molar-refractivity contribution in [2.45, 2.75) is 44.2 Å². The number of pyridine rings is 2. The van der Waals surface area contributed by atoms with E-state index in [1.165, 1.54) is 0 Å². The zero-order valence-electron chi connectivity index (χ0n) is 19.3. The van der Waals surface area contributed by atoms with E-state index in [2.05, 4.69) is 28.1 Å². The fraction of sp³-hybridized carbons (Fsp3) is 0.296. The highest BCUT2D eigenvalue weighted by Gasteiger charge is 2.25. The van der Waals surface area contributed by atoms with Gasteiger partial charge in [-0.05, 0) is 60.3 Å². The number of carbonyl (C=O) groups is 1. The van der Waals surface area contributed by atoms with Crippen molar-refractivity contribution in [1.29, 1.82) is 0 Å². The molecule has 176 valence electrons. The molecule has 4 rings (SSSR count). The average Bonchev–Trinajstić information content (AvgIpc) is 2.87. The molecule has 0 bridgehead atoms. The lowest BCUT2D eigenvalue weighted by atomic mass is 9.92. The minimum atomic E-state index is -0.496. The van der Waals surface area contributed by atoms with E-state index in [1.54, 1.807) is 11.8 Å². The number of terminal acetylenes is 1. The van der Waals surface area contributed by atoms with Crippen molar-refractivity contribution in [1.82, 2.24) is 15.3 Å². The van der Waals surface area contributed by atoms with Crippen LogP contribution in [0.25, 0.3) is 16.6 Å². The highest BCUT2D eigenvalue weighted by molar-refractivity contribution is 8.01. The fourth-order valence-corrected chi connectivity index (χ4v) is 4.51. The van der Waals surface area contributed by atoms with Gasteiger partial charge in [0.1, 0.15) is 5.69 Å². The van der Waals surface area contributed by atoms with E-state index in [4.69, 9.17) is 5.73 Å². The number of amides is 1. The molecule has 1 fully saturated rings. The molecule has 0 saturated heterocycles. The molecule has 0 spiro atoms. The molecule has 4 N–H and O–H groups in total. The lowest BCUT2D eigenvalue weighted by Gasteiger charge is -2.28. The second-order valence-electron chi connectivity index (χ2n) is 8.15. The number of hydrogen-bond donors (Lipinski definition) is 3. The predicted octanol–water partition coefficient (Wildman–Crippen LogP) is 4.12. The number of aliphatic hydroxyl groups excluding tert-OH is 1. The van der Waals surface area contributed by atoms with Crippen molar-refractivity contribution in [3.63, 3.8) is 0 Å². The fourth-order valence-electron chi connectivity index (χ4n) is 4.14. The Hall–Kier alpha value is -3.34. The predicted molar refractivity (Wildman–Crippen MR) is 140 cm³/mol. The van der Waals surface area contributed by atoms with Gasteiger partial charge in [0.05, 0.1) is 29.1 Å². The first-order chi connectivity index (χ1) is 16.5. The summed E-state index contributed by atoms with van der Waals surface area (Å²) in [4.78, 5) is 22.0. The van der Waals surface area contributed by atoms with Crippen LogP contribution in [0.15, 0.2) is 54.1 Å². The van der Waals surface area contributed by atoms with Gasteiger partial charge in [-0.1, -0.05) is 37.1 Å². The number of nitrogens with two attached hydrogens (primary N) is 1. The van der Waals surface area contributed by atoms with Crippen LogP contribution in [0.3, 0.4) is 0 Å². The number of benzene rings is 1. The number of nitrogens with one attached hydrogen (secondary N) is 1. The van der Waals surface area contributed by atoms with Crippen molar-refractivity contribution in [3.05, 3.63) is 76.6 Å². The second-order valence-corrected chi connectivity index (χ2v) is 8.86. The summed E-state index contributed by atoms with van der Waals surface area (Å²) < 4.78 is 0. The van der Waals surface area contributed by atoms with Crippen LogP contribution in [-0.4, -0.2) is 39.4 Å². The lowest BCUT2D eigenvalue weighted by molar-refractivity contribution is 0.0714. The second kappa shape index (κ2) is 12.2. The highest BCUT2D eigenvalue weighted by atomic mass is 32.2. The molecule has 2 heterocycles. The van der Waals surface area contributed by atoms with Crippen LogP contribution in [0, 0.1) is 12.8 Å². The zero-order valence-corrected chi connectivity index (χ0v) is 20.1. The number of rotatable bonds is 6. The molecule has 2 aromatic heterocycles. The Morgan fingerprint density at radius 2 is 1.97 bits per heavy atom. The maximum absolute atomic E-state index is 13.0. The van der Waals surface area contributed by atoms with Crippen LogP contribution in [-0.2, 0) is 6.42 Å². The van der Waals surface area contributed by atoms with E-state index in [0.29, 0.717) is 17.8 Å². The molecule has 1 unspecified atom stereocenters. The summed E-state index contributed by atoms with van der Waals surface area (Å²) >= 11 is 1.54. The van der Waals surface area contributed by atoms with Crippen LogP contribution < -0.4 is 11.1 Å². The van der Waals surface area contributed by atoms with Crippen molar-refractivity contribution in [3.8, 4) is 12.8 Å². The summed E-state index contributed by atoms with van der Waals surface area (Å²) in [6.45, 7) is 0. The molecule has 3 aromatic rings. The molecule has 1 aromatic carbocycles. The molecule has 1 saturated carbocycles. The van der Waals surface area contributed by atoms with Crippen molar-refractivity contribution >= 4 is 34.3 Å². The summed E-state index contributed by atoms with van der Waals surface area (Å²) in [5, 5.41) is 16.1. The molecule has 0 radical (unpaired) electrons. The van der Waals surface area contributed by atoms with E-state index in [1.807, 2.05) is 60.3 Å². The Morgan fingerprint density at radius 3 is 2.68 bits per heavy atom. The molecule has 7 heteroatoms. The third-order valence-corrected chi connectivity index (χ3v) is 6.33. The summed E-state index contributed by atoms with van der Waals surface area (Å²) in [6.07, 6.45) is 15.4. The summed E-state index contributed by atoms with van der Waals surface area (Å²) in [5.41, 5.74) is 10.6. The number of thioether (sulfide) groups is 1. The Balaban J connectivity index is 0.00000158. The lowest BCUT2D eigenvalue weighted by Crippen LogP contribution is -2.45. The van der Waals surface area contributed by atoms with Crippen molar-refractivity contribution < 1.29 is 9.90 Å². The third-order valence-electron chi connectivity index (χ3n) is 5.84. The van der Waals surface area contributed by atoms with Crippen molar-refractivity contribution in [2.75, 3.05) is 6.26 Å². The van der Waals surface area contributed by atoms with Crippen LogP contribution >= 0.6 is 11.8 Å². The quantitative estimate of drug-likeness (QED) is 0.465. The Kier molecular flexibility index (Phi) is 9.08. The van der Waals surface area contributed by atoms with Crippen molar-refractivity contribution in [2.24, 2.45) is 5.73 Å². The van der Waals surface area contributed by atoms with Gasteiger partial charge in [0.25, 0.3) is 5.91 Å². The van der Waals surface area contributed by atoms with Gasteiger partial charge in [-0.25, -0.2) is 4.98 Å². The van der Waals surface area contributed by atoms with E-state index >= 15 is 0 Å². The van der Waals surface area contributed by atoms with Crippen LogP contribution in [0.2, 0.25) is 0 Å². The number of fused-ring (bicyclic) bond motifs is 1. The Morgan fingerprint density at radius 1 is 1.21 bits per heavy atom. The summed E-state index contributed by atoms with van der Waals surface area (Å²) in [5.74, 6) is -0.244. The number of carbonyl (C=O) groups excluding carboxylic acids is 1. The third kappa shape index (κ3) is 6.16. The molecular formula is C27H30N4O2S. The number of aliphatic hydroxyl groups is 1. The molecule has 1 amide bonds. The normalized spacial score (nSPS) is 18.1. The van der Waals surface area contributed by atoms with Crippen LogP contribution in [0.1, 0.15) is 53.0 Å². The molecule has 6 nitrogen and oxygen atoms in total. The maximum Gasteiger partial charge on any atom is 0.270 e. The first-order valence-electron chi connectivity index (χ1n) is 11.2. The monoisotopic (exact) mass is 474 g/mol. The largest absolute Gasteiger partial charge is 0.397 e. The topological polar surface area (TPSA) is 101 Å². The Labute approximate surface area is 205 Å².